The van der Waals surface area contributed by atoms with Gasteiger partial charge in [-0.2, -0.15) is 0 Å². The molecule has 0 aliphatic heterocycles. The van der Waals surface area contributed by atoms with E-state index in [1.807, 2.05) is 11.3 Å². The van der Waals surface area contributed by atoms with E-state index in [-0.39, 0.29) is 0 Å². The molecule has 5 heteroatoms. The summed E-state index contributed by atoms with van der Waals surface area (Å²) in [6.07, 6.45) is 4.36. The Morgan fingerprint density at radius 2 is 2.21 bits per heavy atom. The number of rotatable bonds is 2. The molecule has 14 heavy (non-hydrogen) atoms. The predicted octanol–water partition coefficient (Wildman–Crippen LogP) is -0.424. The topological polar surface area (TPSA) is 57.8 Å². The van der Waals surface area contributed by atoms with Crippen molar-refractivity contribution >= 4 is 18.2 Å². The Morgan fingerprint density at radius 1 is 1.43 bits per heavy atom. The smallest absolute Gasteiger partial charge is 0.423 e. The highest BCUT2D eigenvalue weighted by molar-refractivity contribution is 6.58. The molecule has 0 saturated carbocycles. The van der Waals surface area contributed by atoms with E-state index in [4.69, 9.17) is 10.0 Å². The molecule has 0 amide bonds. The maximum absolute atomic E-state index is 9.01. The Morgan fingerprint density at radius 3 is 2.86 bits per heavy atom. The summed E-state index contributed by atoms with van der Waals surface area (Å²) in [7, 11) is -1.42. The van der Waals surface area contributed by atoms with Crippen LogP contribution in [0.25, 0.3) is 5.65 Å². The molecular formula is C9H11BN2O2. The van der Waals surface area contributed by atoms with Gasteiger partial charge in [0.2, 0.25) is 0 Å². The Bertz CT molecular complexity index is 453. The molecule has 2 aromatic rings. The molecule has 0 bridgehead atoms. The summed E-state index contributed by atoms with van der Waals surface area (Å²) in [5, 5.41) is 18.0. The van der Waals surface area contributed by atoms with Crippen LogP contribution in [0.1, 0.15) is 12.6 Å². The molecule has 2 heterocycles. The lowest BCUT2D eigenvalue weighted by Gasteiger charge is -2.02. The van der Waals surface area contributed by atoms with Crippen LogP contribution in [-0.4, -0.2) is 26.6 Å². The third-order valence-electron chi connectivity index (χ3n) is 2.27. The zero-order chi connectivity index (χ0) is 10.1. The van der Waals surface area contributed by atoms with Crippen LogP contribution < -0.4 is 5.46 Å². The minimum atomic E-state index is -1.42. The number of aromatic nitrogens is 2. The highest BCUT2D eigenvalue weighted by Crippen LogP contribution is 2.05. The molecule has 0 spiro atoms. The predicted molar refractivity (Wildman–Crippen MR) is 54.4 cm³/mol. The summed E-state index contributed by atoms with van der Waals surface area (Å²) in [4.78, 5) is 4.19. The minimum Gasteiger partial charge on any atom is -0.423 e. The van der Waals surface area contributed by atoms with E-state index in [1.54, 1.807) is 24.5 Å². The van der Waals surface area contributed by atoms with E-state index >= 15 is 0 Å². The van der Waals surface area contributed by atoms with Gasteiger partial charge in [0, 0.05) is 18.1 Å². The standard InChI is InChI=1S/C9H11BN2O2/c1-2-8-5-11-9-4-3-7(10(13)14)6-12(8)9/h3-6,13-14H,2H2,1H3. The SMILES string of the molecule is CCc1cnc2ccc(B(O)O)cn12. The van der Waals surface area contributed by atoms with Crippen molar-refractivity contribution in [3.8, 4) is 0 Å². The zero-order valence-corrected chi connectivity index (χ0v) is 7.88. The van der Waals surface area contributed by atoms with Crippen molar-refractivity contribution in [2.45, 2.75) is 13.3 Å². The minimum absolute atomic E-state index is 0.477. The summed E-state index contributed by atoms with van der Waals surface area (Å²) in [6, 6.07) is 3.43. The average molecular weight is 190 g/mol. The Hall–Kier alpha value is -1.33. The summed E-state index contributed by atoms with van der Waals surface area (Å²) in [5.74, 6) is 0. The van der Waals surface area contributed by atoms with E-state index in [0.717, 1.165) is 17.8 Å². The van der Waals surface area contributed by atoms with Gasteiger partial charge in [0.1, 0.15) is 5.65 Å². The molecule has 0 atom stereocenters. The summed E-state index contributed by atoms with van der Waals surface area (Å²) >= 11 is 0. The number of aryl methyl sites for hydroxylation is 1. The van der Waals surface area contributed by atoms with Gasteiger partial charge in [0.15, 0.2) is 0 Å². The third kappa shape index (κ3) is 1.40. The first-order valence-electron chi connectivity index (χ1n) is 4.54. The van der Waals surface area contributed by atoms with Gasteiger partial charge in [0.25, 0.3) is 0 Å². The summed E-state index contributed by atoms with van der Waals surface area (Å²) < 4.78 is 1.87. The molecular weight excluding hydrogens is 179 g/mol. The number of nitrogens with zero attached hydrogens (tertiary/aromatic N) is 2. The number of pyridine rings is 1. The van der Waals surface area contributed by atoms with Crippen LogP contribution in [0.2, 0.25) is 0 Å². The van der Waals surface area contributed by atoms with Gasteiger partial charge in [-0.25, -0.2) is 4.98 Å². The maximum Gasteiger partial charge on any atom is 0.489 e. The second kappa shape index (κ2) is 3.44. The number of hydrogen-bond acceptors (Lipinski definition) is 3. The van der Waals surface area contributed by atoms with Gasteiger partial charge in [-0.05, 0) is 17.9 Å². The third-order valence-corrected chi connectivity index (χ3v) is 2.27. The van der Waals surface area contributed by atoms with Crippen molar-refractivity contribution in [1.82, 2.24) is 9.38 Å². The van der Waals surface area contributed by atoms with Crippen LogP contribution in [0, 0.1) is 0 Å². The van der Waals surface area contributed by atoms with E-state index in [1.165, 1.54) is 0 Å². The molecule has 0 saturated heterocycles. The monoisotopic (exact) mass is 190 g/mol. The fraction of sp³-hybridized carbons (Fsp3) is 0.222. The molecule has 0 aliphatic rings. The van der Waals surface area contributed by atoms with Gasteiger partial charge in [-0.3, -0.25) is 0 Å². The van der Waals surface area contributed by atoms with Gasteiger partial charge < -0.3 is 14.4 Å². The zero-order valence-electron chi connectivity index (χ0n) is 7.88. The van der Waals surface area contributed by atoms with Gasteiger partial charge in [-0.1, -0.05) is 13.0 Å². The molecule has 0 radical (unpaired) electrons. The molecule has 4 nitrogen and oxygen atoms in total. The Labute approximate surface area is 82.0 Å². The molecule has 72 valence electrons. The van der Waals surface area contributed by atoms with Crippen molar-refractivity contribution in [2.75, 3.05) is 0 Å². The molecule has 0 aromatic carbocycles. The average Bonchev–Trinajstić information content (AvgIpc) is 2.59. The second-order valence-corrected chi connectivity index (χ2v) is 3.17. The second-order valence-electron chi connectivity index (χ2n) is 3.17. The normalized spacial score (nSPS) is 10.8. The van der Waals surface area contributed by atoms with Crippen LogP contribution in [-0.2, 0) is 6.42 Å². The Balaban J connectivity index is 2.61. The van der Waals surface area contributed by atoms with E-state index < -0.39 is 7.12 Å². The number of hydrogen-bond donors (Lipinski definition) is 2. The van der Waals surface area contributed by atoms with E-state index in [0.29, 0.717) is 5.46 Å². The lowest BCUT2D eigenvalue weighted by atomic mass is 9.82. The molecule has 2 N–H and O–H groups in total. The maximum atomic E-state index is 9.01. The number of fused-ring (bicyclic) bond motifs is 1. The summed E-state index contributed by atoms with van der Waals surface area (Å²) in [6.45, 7) is 2.03. The Kier molecular flexibility index (Phi) is 2.27. The van der Waals surface area contributed by atoms with E-state index in [2.05, 4.69) is 4.98 Å². The molecule has 2 aromatic heterocycles. The highest BCUT2D eigenvalue weighted by Gasteiger charge is 2.12. The van der Waals surface area contributed by atoms with Gasteiger partial charge in [-0.15, -0.1) is 0 Å². The molecule has 0 unspecified atom stereocenters. The first-order valence-corrected chi connectivity index (χ1v) is 4.54. The van der Waals surface area contributed by atoms with Crippen molar-refractivity contribution < 1.29 is 10.0 Å². The van der Waals surface area contributed by atoms with Crippen molar-refractivity contribution in [2.24, 2.45) is 0 Å². The highest BCUT2D eigenvalue weighted by atomic mass is 16.4. The quantitative estimate of drug-likeness (QED) is 0.632. The first kappa shape index (κ1) is 9.24. The molecule has 0 fully saturated rings. The van der Waals surface area contributed by atoms with Crippen LogP contribution in [0.3, 0.4) is 0 Å². The molecule has 0 aliphatic carbocycles. The van der Waals surface area contributed by atoms with Crippen LogP contribution in [0.5, 0.6) is 0 Å². The first-order chi connectivity index (χ1) is 6.72. The largest absolute Gasteiger partial charge is 0.489 e. The number of imidazole rings is 1. The summed E-state index contributed by atoms with van der Waals surface area (Å²) in [5.41, 5.74) is 2.36. The van der Waals surface area contributed by atoms with Gasteiger partial charge >= 0.3 is 7.12 Å². The van der Waals surface area contributed by atoms with Crippen molar-refractivity contribution in [3.05, 3.63) is 30.2 Å². The van der Waals surface area contributed by atoms with Crippen LogP contribution in [0.4, 0.5) is 0 Å². The van der Waals surface area contributed by atoms with E-state index in [9.17, 15) is 0 Å². The fourth-order valence-corrected chi connectivity index (χ4v) is 1.46. The fourth-order valence-electron chi connectivity index (χ4n) is 1.46. The van der Waals surface area contributed by atoms with Gasteiger partial charge in [0.05, 0.1) is 0 Å². The molecule has 2 rings (SSSR count). The van der Waals surface area contributed by atoms with Crippen LogP contribution >= 0.6 is 0 Å². The lowest BCUT2D eigenvalue weighted by molar-refractivity contribution is 0.425. The van der Waals surface area contributed by atoms with Crippen molar-refractivity contribution in [3.63, 3.8) is 0 Å². The van der Waals surface area contributed by atoms with Crippen molar-refractivity contribution in [1.29, 1.82) is 0 Å². The lowest BCUT2D eigenvalue weighted by Crippen LogP contribution is -2.30. The van der Waals surface area contributed by atoms with Crippen LogP contribution in [0.15, 0.2) is 24.5 Å².